The van der Waals surface area contributed by atoms with E-state index in [2.05, 4.69) is 17.2 Å². The van der Waals surface area contributed by atoms with E-state index in [9.17, 15) is 4.79 Å². The molecule has 1 aromatic heterocycles. The first-order valence-corrected chi connectivity index (χ1v) is 6.06. The van der Waals surface area contributed by atoms with E-state index in [1.807, 2.05) is 29.1 Å². The van der Waals surface area contributed by atoms with E-state index in [1.165, 1.54) is 5.56 Å². The van der Waals surface area contributed by atoms with Crippen molar-refractivity contribution in [3.63, 3.8) is 0 Å². The van der Waals surface area contributed by atoms with Gasteiger partial charge in [0.15, 0.2) is 0 Å². The van der Waals surface area contributed by atoms with Gasteiger partial charge < -0.3 is 5.11 Å². The molecular weight excluding hydrogens is 228 g/mol. The number of unbranched alkanes of at least 4 members (excludes halogenated alkanes) is 1. The fourth-order valence-corrected chi connectivity index (χ4v) is 1.84. The first-order valence-electron chi connectivity index (χ1n) is 6.06. The molecule has 0 radical (unpaired) electrons. The lowest BCUT2D eigenvalue weighted by Gasteiger charge is -2.04. The molecule has 1 heterocycles. The molecule has 0 atom stereocenters. The molecule has 0 fully saturated rings. The van der Waals surface area contributed by atoms with Crippen molar-refractivity contribution in [1.29, 1.82) is 0 Å². The summed E-state index contributed by atoms with van der Waals surface area (Å²) in [6.07, 6.45) is 6.48. The molecular formula is C14H16N2O2. The Hall–Kier alpha value is -2.10. The molecule has 2 rings (SSSR count). The zero-order valence-corrected chi connectivity index (χ0v) is 10.1. The summed E-state index contributed by atoms with van der Waals surface area (Å²) in [5.41, 5.74) is 2.27. The minimum Gasteiger partial charge on any atom is -0.481 e. The third-order valence-electron chi connectivity index (χ3n) is 2.81. The van der Waals surface area contributed by atoms with Crippen LogP contribution in [-0.4, -0.2) is 20.9 Å². The maximum Gasteiger partial charge on any atom is 0.303 e. The molecule has 0 unspecified atom stereocenters. The minimum absolute atomic E-state index is 0.255. The van der Waals surface area contributed by atoms with Gasteiger partial charge in [-0.2, -0.15) is 5.10 Å². The van der Waals surface area contributed by atoms with Crippen LogP contribution in [0.1, 0.15) is 24.8 Å². The molecule has 0 saturated heterocycles. The number of aromatic nitrogens is 2. The number of benzene rings is 1. The Bertz CT molecular complexity index is 489. The second-order valence-electron chi connectivity index (χ2n) is 4.22. The number of aryl methyl sites for hydroxylation is 1. The summed E-state index contributed by atoms with van der Waals surface area (Å²) in [5.74, 6) is -0.718. The molecule has 0 aliphatic heterocycles. The van der Waals surface area contributed by atoms with E-state index < -0.39 is 5.97 Å². The van der Waals surface area contributed by atoms with Crippen molar-refractivity contribution in [1.82, 2.24) is 9.78 Å². The van der Waals surface area contributed by atoms with Crippen LogP contribution in [0.4, 0.5) is 0 Å². The van der Waals surface area contributed by atoms with Crippen LogP contribution >= 0.6 is 0 Å². The lowest BCUT2D eigenvalue weighted by Crippen LogP contribution is -1.96. The Kier molecular flexibility index (Phi) is 4.12. The average molecular weight is 244 g/mol. The molecule has 94 valence electrons. The number of aliphatic carboxylic acids is 1. The van der Waals surface area contributed by atoms with Crippen LogP contribution in [0.5, 0.6) is 0 Å². The summed E-state index contributed by atoms with van der Waals surface area (Å²) in [6.45, 7) is 0. The predicted octanol–water partition coefficient (Wildman–Crippen LogP) is 2.67. The fourth-order valence-electron chi connectivity index (χ4n) is 1.84. The van der Waals surface area contributed by atoms with Crippen LogP contribution in [0.2, 0.25) is 0 Å². The van der Waals surface area contributed by atoms with Crippen LogP contribution in [0, 0.1) is 0 Å². The van der Waals surface area contributed by atoms with Crippen molar-refractivity contribution < 1.29 is 9.90 Å². The normalized spacial score (nSPS) is 10.4. The zero-order chi connectivity index (χ0) is 12.8. The second kappa shape index (κ2) is 6.00. The van der Waals surface area contributed by atoms with E-state index in [4.69, 9.17) is 5.11 Å². The Morgan fingerprint density at radius 1 is 1.22 bits per heavy atom. The summed E-state index contributed by atoms with van der Waals surface area (Å²) in [5, 5.41) is 12.7. The minimum atomic E-state index is -0.718. The highest BCUT2D eigenvalue weighted by molar-refractivity contribution is 5.66. The van der Waals surface area contributed by atoms with Crippen molar-refractivity contribution in [2.45, 2.75) is 25.7 Å². The quantitative estimate of drug-likeness (QED) is 0.795. The van der Waals surface area contributed by atoms with Crippen LogP contribution in [0.3, 0.4) is 0 Å². The number of rotatable bonds is 6. The maximum atomic E-state index is 10.4. The summed E-state index contributed by atoms with van der Waals surface area (Å²) < 4.78 is 1.81. The van der Waals surface area contributed by atoms with Crippen molar-refractivity contribution in [3.05, 3.63) is 48.3 Å². The first kappa shape index (κ1) is 12.4. The van der Waals surface area contributed by atoms with E-state index in [-0.39, 0.29) is 6.42 Å². The van der Waals surface area contributed by atoms with Crippen molar-refractivity contribution in [3.8, 4) is 5.69 Å². The van der Waals surface area contributed by atoms with Gasteiger partial charge in [0.25, 0.3) is 0 Å². The lowest BCUT2D eigenvalue weighted by atomic mass is 10.1. The topological polar surface area (TPSA) is 55.1 Å². The van der Waals surface area contributed by atoms with Gasteiger partial charge in [0.1, 0.15) is 0 Å². The van der Waals surface area contributed by atoms with Crippen molar-refractivity contribution in [2.24, 2.45) is 0 Å². The average Bonchev–Trinajstić information content (AvgIpc) is 2.89. The molecule has 0 bridgehead atoms. The Balaban J connectivity index is 1.86. The van der Waals surface area contributed by atoms with Crippen LogP contribution < -0.4 is 0 Å². The van der Waals surface area contributed by atoms with E-state index in [0.717, 1.165) is 24.9 Å². The Morgan fingerprint density at radius 2 is 2.00 bits per heavy atom. The van der Waals surface area contributed by atoms with E-state index in [0.29, 0.717) is 0 Å². The summed E-state index contributed by atoms with van der Waals surface area (Å²) in [6, 6.07) is 10.1. The molecule has 1 N–H and O–H groups in total. The Morgan fingerprint density at radius 3 is 2.61 bits per heavy atom. The standard InChI is InChI=1S/C14H16N2O2/c17-14(18)5-2-1-4-12-6-8-13(9-7-12)16-11-3-10-15-16/h3,6-11H,1-2,4-5H2,(H,17,18). The molecule has 18 heavy (non-hydrogen) atoms. The monoisotopic (exact) mass is 244 g/mol. The summed E-state index contributed by atoms with van der Waals surface area (Å²) >= 11 is 0. The fraction of sp³-hybridized carbons (Fsp3) is 0.286. The highest BCUT2D eigenvalue weighted by Crippen LogP contribution is 2.11. The van der Waals surface area contributed by atoms with Gasteiger partial charge in [-0.3, -0.25) is 4.79 Å². The van der Waals surface area contributed by atoms with Crippen LogP contribution in [-0.2, 0) is 11.2 Å². The first-order chi connectivity index (χ1) is 8.75. The summed E-state index contributed by atoms with van der Waals surface area (Å²) in [4.78, 5) is 10.4. The summed E-state index contributed by atoms with van der Waals surface area (Å²) in [7, 11) is 0. The van der Waals surface area contributed by atoms with Crippen LogP contribution in [0.15, 0.2) is 42.7 Å². The number of carbonyl (C=O) groups is 1. The number of carboxylic acids is 1. The van der Waals surface area contributed by atoms with Gasteiger partial charge in [0, 0.05) is 18.8 Å². The molecule has 0 saturated carbocycles. The van der Waals surface area contributed by atoms with Gasteiger partial charge >= 0.3 is 5.97 Å². The van der Waals surface area contributed by atoms with Gasteiger partial charge in [-0.1, -0.05) is 12.1 Å². The van der Waals surface area contributed by atoms with Gasteiger partial charge in [-0.05, 0) is 43.0 Å². The smallest absolute Gasteiger partial charge is 0.303 e. The third kappa shape index (κ3) is 3.45. The van der Waals surface area contributed by atoms with E-state index >= 15 is 0 Å². The second-order valence-corrected chi connectivity index (χ2v) is 4.22. The molecule has 2 aromatic rings. The van der Waals surface area contributed by atoms with Gasteiger partial charge in [-0.15, -0.1) is 0 Å². The molecule has 0 aliphatic carbocycles. The van der Waals surface area contributed by atoms with E-state index in [1.54, 1.807) is 6.20 Å². The molecule has 1 aromatic carbocycles. The Labute approximate surface area is 106 Å². The lowest BCUT2D eigenvalue weighted by molar-refractivity contribution is -0.137. The number of hydrogen-bond donors (Lipinski definition) is 1. The maximum absolute atomic E-state index is 10.4. The predicted molar refractivity (Wildman–Crippen MR) is 68.8 cm³/mol. The van der Waals surface area contributed by atoms with Crippen molar-refractivity contribution in [2.75, 3.05) is 0 Å². The molecule has 4 heteroatoms. The van der Waals surface area contributed by atoms with Gasteiger partial charge in [0.2, 0.25) is 0 Å². The third-order valence-corrected chi connectivity index (χ3v) is 2.81. The highest BCUT2D eigenvalue weighted by Gasteiger charge is 1.99. The largest absolute Gasteiger partial charge is 0.481 e. The molecule has 0 aliphatic rings. The highest BCUT2D eigenvalue weighted by atomic mass is 16.4. The van der Waals surface area contributed by atoms with Crippen molar-refractivity contribution >= 4 is 5.97 Å². The van der Waals surface area contributed by atoms with Gasteiger partial charge in [-0.25, -0.2) is 4.68 Å². The number of nitrogens with zero attached hydrogens (tertiary/aromatic N) is 2. The molecule has 0 spiro atoms. The SMILES string of the molecule is O=C(O)CCCCc1ccc(-n2cccn2)cc1. The van der Waals surface area contributed by atoms with Crippen LogP contribution in [0.25, 0.3) is 5.69 Å². The molecule has 4 nitrogen and oxygen atoms in total. The number of carboxylic acid groups (broad SMARTS) is 1. The molecule has 0 amide bonds. The van der Waals surface area contributed by atoms with Gasteiger partial charge in [0.05, 0.1) is 5.69 Å². The zero-order valence-electron chi connectivity index (χ0n) is 10.1. The number of hydrogen-bond acceptors (Lipinski definition) is 2.